The predicted molar refractivity (Wildman–Crippen MR) is 131 cm³/mol. The summed E-state index contributed by atoms with van der Waals surface area (Å²) in [4.78, 5) is 50.3. The van der Waals surface area contributed by atoms with Gasteiger partial charge in [0.1, 0.15) is 12.2 Å². The first kappa shape index (κ1) is 24.2. The number of aryl methyl sites for hydroxylation is 1. The largest absolute Gasteiger partial charge is 0.493 e. The summed E-state index contributed by atoms with van der Waals surface area (Å²) < 4.78 is 11.4. The van der Waals surface area contributed by atoms with Crippen LogP contribution in [0.25, 0.3) is 6.08 Å². The lowest BCUT2D eigenvalue weighted by atomic mass is 10.1. The van der Waals surface area contributed by atoms with E-state index in [0.717, 1.165) is 10.5 Å². The van der Waals surface area contributed by atoms with E-state index in [9.17, 15) is 19.2 Å². The molecule has 9 heteroatoms. The van der Waals surface area contributed by atoms with Gasteiger partial charge < -0.3 is 14.6 Å². The maximum atomic E-state index is 13.3. The third-order valence-corrected chi connectivity index (χ3v) is 5.47. The number of ether oxygens (including phenoxy) is 2. The molecule has 1 saturated heterocycles. The number of barbiturate groups is 1. The van der Waals surface area contributed by atoms with Crippen molar-refractivity contribution in [3.05, 3.63) is 94.6 Å². The van der Waals surface area contributed by atoms with Gasteiger partial charge in [0.2, 0.25) is 0 Å². The van der Waals surface area contributed by atoms with Gasteiger partial charge in [-0.1, -0.05) is 36.4 Å². The summed E-state index contributed by atoms with van der Waals surface area (Å²) >= 11 is 0. The number of rotatable bonds is 7. The number of hydrogen-bond donors (Lipinski definition) is 2. The number of benzene rings is 3. The number of para-hydroxylation sites is 1. The maximum absolute atomic E-state index is 13.3. The minimum atomic E-state index is -1.03. The fourth-order valence-electron chi connectivity index (χ4n) is 3.68. The van der Waals surface area contributed by atoms with Crippen molar-refractivity contribution in [3.8, 4) is 11.5 Å². The van der Waals surface area contributed by atoms with Gasteiger partial charge in [-0.3, -0.25) is 14.9 Å². The number of nitrogens with one attached hydrogen (secondary N) is 1. The summed E-state index contributed by atoms with van der Waals surface area (Å²) in [6.07, 6.45) is 1.35. The average molecular weight is 486 g/mol. The molecule has 1 aliphatic rings. The monoisotopic (exact) mass is 486 g/mol. The summed E-state index contributed by atoms with van der Waals surface area (Å²) in [6.45, 7) is 1.90. The van der Waals surface area contributed by atoms with Gasteiger partial charge >= 0.3 is 12.0 Å². The van der Waals surface area contributed by atoms with Crippen LogP contribution in [0, 0.1) is 6.92 Å². The topological polar surface area (TPSA) is 122 Å². The number of carboxylic acid groups (broad SMARTS) is 1. The molecule has 0 aliphatic carbocycles. The quantitative estimate of drug-likeness (QED) is 0.383. The first-order valence-corrected chi connectivity index (χ1v) is 10.9. The molecule has 0 atom stereocenters. The van der Waals surface area contributed by atoms with Crippen molar-refractivity contribution in [2.45, 2.75) is 13.5 Å². The van der Waals surface area contributed by atoms with E-state index < -0.39 is 23.8 Å². The van der Waals surface area contributed by atoms with E-state index in [1.165, 1.54) is 25.3 Å². The lowest BCUT2D eigenvalue weighted by Gasteiger charge is -2.26. The smallest absolute Gasteiger partial charge is 0.335 e. The van der Waals surface area contributed by atoms with Crippen molar-refractivity contribution in [2.75, 3.05) is 12.0 Å². The summed E-state index contributed by atoms with van der Waals surface area (Å²) in [5.41, 5.74) is 2.16. The molecular weight excluding hydrogens is 464 g/mol. The van der Waals surface area contributed by atoms with Crippen molar-refractivity contribution in [3.63, 3.8) is 0 Å². The number of imide groups is 2. The van der Waals surface area contributed by atoms with Crippen LogP contribution in [0.5, 0.6) is 11.5 Å². The molecule has 2 N–H and O–H groups in total. The van der Waals surface area contributed by atoms with Gasteiger partial charge in [-0.05, 0) is 54.5 Å². The molecule has 36 heavy (non-hydrogen) atoms. The van der Waals surface area contributed by atoms with Crippen molar-refractivity contribution in [1.29, 1.82) is 0 Å². The van der Waals surface area contributed by atoms with E-state index in [2.05, 4.69) is 5.32 Å². The van der Waals surface area contributed by atoms with Crippen LogP contribution in [0.3, 0.4) is 0 Å². The third-order valence-electron chi connectivity index (χ3n) is 5.47. The molecule has 4 amide bonds. The maximum Gasteiger partial charge on any atom is 0.335 e. The van der Waals surface area contributed by atoms with Crippen LogP contribution in [0.1, 0.15) is 27.0 Å². The molecule has 1 heterocycles. The number of carboxylic acids is 1. The number of amides is 4. The molecule has 0 bridgehead atoms. The zero-order valence-corrected chi connectivity index (χ0v) is 19.5. The van der Waals surface area contributed by atoms with Gasteiger partial charge in [0.05, 0.1) is 18.4 Å². The van der Waals surface area contributed by atoms with E-state index in [4.69, 9.17) is 14.6 Å². The Balaban J connectivity index is 1.67. The molecule has 0 radical (unpaired) electrons. The third kappa shape index (κ3) is 4.95. The molecule has 0 spiro atoms. The Bertz CT molecular complexity index is 1390. The van der Waals surface area contributed by atoms with E-state index in [0.29, 0.717) is 22.6 Å². The highest BCUT2D eigenvalue weighted by Gasteiger charge is 2.37. The van der Waals surface area contributed by atoms with E-state index >= 15 is 0 Å². The summed E-state index contributed by atoms with van der Waals surface area (Å²) in [5.74, 6) is -2.00. The normalized spacial score (nSPS) is 14.6. The molecule has 3 aromatic carbocycles. The van der Waals surface area contributed by atoms with Crippen LogP contribution in [-0.2, 0) is 16.2 Å². The molecule has 4 rings (SSSR count). The van der Waals surface area contributed by atoms with Crippen LogP contribution < -0.4 is 19.7 Å². The lowest BCUT2D eigenvalue weighted by molar-refractivity contribution is -0.122. The van der Waals surface area contributed by atoms with Crippen molar-refractivity contribution in [2.24, 2.45) is 0 Å². The van der Waals surface area contributed by atoms with E-state index in [1.54, 1.807) is 48.5 Å². The number of carbonyl (C=O) groups excluding carboxylic acids is 3. The van der Waals surface area contributed by atoms with Crippen LogP contribution in [0.2, 0.25) is 0 Å². The number of urea groups is 1. The highest BCUT2D eigenvalue weighted by molar-refractivity contribution is 6.39. The Morgan fingerprint density at radius 2 is 1.75 bits per heavy atom. The number of aromatic carboxylic acids is 1. The SMILES string of the molecule is COc1cccc(/C=C2\C(=O)NC(=O)N(c3cccc(C)c3)C2=O)c1OCc1ccc(C(=O)O)cc1. The molecule has 9 nitrogen and oxygen atoms in total. The van der Waals surface area contributed by atoms with Crippen LogP contribution >= 0.6 is 0 Å². The van der Waals surface area contributed by atoms with Gasteiger partial charge in [-0.2, -0.15) is 0 Å². The van der Waals surface area contributed by atoms with Crippen molar-refractivity contribution in [1.82, 2.24) is 5.32 Å². The first-order chi connectivity index (χ1) is 17.3. The van der Waals surface area contributed by atoms with Crippen molar-refractivity contribution < 1.29 is 33.8 Å². The van der Waals surface area contributed by atoms with Gasteiger partial charge in [0.25, 0.3) is 11.8 Å². The molecule has 0 unspecified atom stereocenters. The number of hydrogen-bond acceptors (Lipinski definition) is 6. The molecule has 1 aliphatic heterocycles. The minimum Gasteiger partial charge on any atom is -0.493 e. The van der Waals surface area contributed by atoms with Crippen LogP contribution in [-0.4, -0.2) is 36.0 Å². The van der Waals surface area contributed by atoms with Crippen molar-refractivity contribution >= 4 is 35.6 Å². The molecule has 0 aromatic heterocycles. The minimum absolute atomic E-state index is 0.0739. The second-order valence-corrected chi connectivity index (χ2v) is 7.97. The lowest BCUT2D eigenvalue weighted by Crippen LogP contribution is -2.54. The Labute approximate surface area is 206 Å². The number of methoxy groups -OCH3 is 1. The van der Waals surface area contributed by atoms with Crippen LogP contribution in [0.15, 0.2) is 72.3 Å². The van der Waals surface area contributed by atoms with Gasteiger partial charge in [0, 0.05) is 5.56 Å². The summed E-state index contributed by atoms with van der Waals surface area (Å²) in [5, 5.41) is 11.3. The molecule has 3 aromatic rings. The molecule has 0 saturated carbocycles. The summed E-state index contributed by atoms with van der Waals surface area (Å²) in [7, 11) is 1.46. The highest BCUT2D eigenvalue weighted by atomic mass is 16.5. The second kappa shape index (κ2) is 10.1. The number of carbonyl (C=O) groups is 4. The standard InChI is InChI=1S/C27H22N2O7/c1-16-5-3-7-20(13-16)29-25(31)21(24(30)28-27(29)34)14-19-6-4-8-22(35-2)23(19)36-15-17-9-11-18(12-10-17)26(32)33/h3-14H,15H2,1-2H3,(H,32,33)(H,28,30,34)/b21-14+. The number of nitrogens with zero attached hydrogens (tertiary/aromatic N) is 1. The van der Waals surface area contributed by atoms with Gasteiger partial charge in [0.15, 0.2) is 11.5 Å². The fraction of sp³-hybridized carbons (Fsp3) is 0.111. The Hall–Kier alpha value is -4.92. The molecule has 1 fully saturated rings. The van der Waals surface area contributed by atoms with Crippen LogP contribution in [0.4, 0.5) is 10.5 Å². The van der Waals surface area contributed by atoms with E-state index in [1.807, 2.05) is 13.0 Å². The number of anilines is 1. The van der Waals surface area contributed by atoms with Gasteiger partial charge in [-0.25, -0.2) is 14.5 Å². The summed E-state index contributed by atoms with van der Waals surface area (Å²) in [6, 6.07) is 17.1. The molecule has 182 valence electrons. The van der Waals surface area contributed by atoms with Gasteiger partial charge in [-0.15, -0.1) is 0 Å². The Morgan fingerprint density at radius 1 is 1.03 bits per heavy atom. The average Bonchev–Trinajstić information content (AvgIpc) is 2.85. The zero-order chi connectivity index (χ0) is 25.8. The fourth-order valence-corrected chi connectivity index (χ4v) is 3.68. The van der Waals surface area contributed by atoms with E-state index in [-0.39, 0.29) is 23.5 Å². The predicted octanol–water partition coefficient (Wildman–Crippen LogP) is 3.95. The molecular formula is C27H22N2O7. The highest BCUT2D eigenvalue weighted by Crippen LogP contribution is 2.34. The first-order valence-electron chi connectivity index (χ1n) is 10.9. The Morgan fingerprint density at radius 3 is 2.42 bits per heavy atom. The second-order valence-electron chi connectivity index (χ2n) is 7.97. The zero-order valence-electron chi connectivity index (χ0n) is 19.5. The Kier molecular flexibility index (Phi) is 6.82.